The van der Waals surface area contributed by atoms with Gasteiger partial charge in [-0.25, -0.2) is 0 Å². The molecule has 0 unspecified atom stereocenters. The molecule has 3 aromatic rings. The lowest BCUT2D eigenvalue weighted by molar-refractivity contribution is -0.683. The molecule has 0 amide bonds. The summed E-state index contributed by atoms with van der Waals surface area (Å²) >= 11 is 0. The first-order valence-electron chi connectivity index (χ1n) is 8.65. The van der Waals surface area contributed by atoms with Gasteiger partial charge in [0.2, 0.25) is 12.3 Å². The lowest BCUT2D eigenvalue weighted by atomic mass is 10.1. The number of hydrogen-bond donors (Lipinski definition) is 0. The van der Waals surface area contributed by atoms with Gasteiger partial charge in [0.05, 0.1) is 5.69 Å². The third-order valence-electron chi connectivity index (χ3n) is 4.74. The highest BCUT2D eigenvalue weighted by atomic mass is 16.1. The SMILES string of the molecule is Cc1ccc(C(=O)C[n+]2ccc3c(c2)CCN3c2ccccc2)cc1. The zero-order valence-electron chi connectivity index (χ0n) is 14.4. The van der Waals surface area contributed by atoms with Gasteiger partial charge >= 0.3 is 0 Å². The number of hydrogen-bond acceptors (Lipinski definition) is 2. The predicted octanol–water partition coefficient (Wildman–Crippen LogP) is 3.86. The molecule has 124 valence electrons. The topological polar surface area (TPSA) is 24.2 Å². The number of nitrogens with zero attached hydrogens (tertiary/aromatic N) is 2. The first kappa shape index (κ1) is 15.6. The average molecular weight is 329 g/mol. The summed E-state index contributed by atoms with van der Waals surface area (Å²) in [6.45, 7) is 3.39. The number of anilines is 2. The van der Waals surface area contributed by atoms with Crippen molar-refractivity contribution < 1.29 is 9.36 Å². The Bertz CT molecular complexity index is 901. The maximum Gasteiger partial charge on any atom is 0.227 e. The molecular weight excluding hydrogens is 308 g/mol. The molecule has 0 spiro atoms. The molecule has 3 nitrogen and oxygen atoms in total. The number of benzene rings is 2. The van der Waals surface area contributed by atoms with Crippen LogP contribution in [0.1, 0.15) is 21.5 Å². The van der Waals surface area contributed by atoms with Gasteiger partial charge in [-0.3, -0.25) is 4.79 Å². The lowest BCUT2D eigenvalue weighted by Crippen LogP contribution is -2.37. The minimum absolute atomic E-state index is 0.142. The first-order valence-corrected chi connectivity index (χ1v) is 8.65. The monoisotopic (exact) mass is 329 g/mol. The summed E-state index contributed by atoms with van der Waals surface area (Å²) in [6.07, 6.45) is 5.13. The summed E-state index contributed by atoms with van der Waals surface area (Å²) in [6, 6.07) is 20.3. The summed E-state index contributed by atoms with van der Waals surface area (Å²) in [4.78, 5) is 14.8. The Labute approximate surface area is 148 Å². The normalized spacial score (nSPS) is 12.9. The molecule has 0 saturated heterocycles. The minimum atomic E-state index is 0.142. The second kappa shape index (κ2) is 6.52. The van der Waals surface area contributed by atoms with Crippen LogP contribution < -0.4 is 9.47 Å². The molecule has 0 atom stereocenters. The van der Waals surface area contributed by atoms with Gasteiger partial charge in [-0.1, -0.05) is 48.0 Å². The number of fused-ring (bicyclic) bond motifs is 1. The van der Waals surface area contributed by atoms with Crippen LogP contribution in [0.25, 0.3) is 0 Å². The van der Waals surface area contributed by atoms with Crippen molar-refractivity contribution >= 4 is 17.2 Å². The second-order valence-corrected chi connectivity index (χ2v) is 6.55. The van der Waals surface area contributed by atoms with Crippen molar-refractivity contribution in [3.8, 4) is 0 Å². The molecule has 1 aliphatic rings. The number of para-hydroxylation sites is 1. The second-order valence-electron chi connectivity index (χ2n) is 6.55. The first-order chi connectivity index (χ1) is 12.2. The van der Waals surface area contributed by atoms with Crippen LogP contribution in [0.15, 0.2) is 73.1 Å². The quantitative estimate of drug-likeness (QED) is 0.536. The Hall–Kier alpha value is -2.94. The molecule has 2 heterocycles. The van der Waals surface area contributed by atoms with E-state index < -0.39 is 0 Å². The summed E-state index contributed by atoms with van der Waals surface area (Å²) in [7, 11) is 0. The van der Waals surface area contributed by atoms with Crippen LogP contribution in [0.5, 0.6) is 0 Å². The van der Waals surface area contributed by atoms with E-state index in [0.29, 0.717) is 6.54 Å². The van der Waals surface area contributed by atoms with Crippen LogP contribution in [0.4, 0.5) is 11.4 Å². The Morgan fingerprint density at radius 1 is 1.04 bits per heavy atom. The number of aryl methyl sites for hydroxylation is 1. The fraction of sp³-hybridized carbons (Fsp3) is 0.182. The summed E-state index contributed by atoms with van der Waals surface area (Å²) in [5.41, 5.74) is 5.69. The van der Waals surface area contributed by atoms with Gasteiger partial charge < -0.3 is 4.90 Å². The smallest absolute Gasteiger partial charge is 0.227 e. The number of pyridine rings is 1. The highest BCUT2D eigenvalue weighted by molar-refractivity contribution is 5.95. The minimum Gasteiger partial charge on any atom is -0.341 e. The molecule has 1 aromatic heterocycles. The average Bonchev–Trinajstić information content (AvgIpc) is 3.06. The van der Waals surface area contributed by atoms with Gasteiger partial charge in [0.25, 0.3) is 0 Å². The molecule has 3 heteroatoms. The number of carbonyl (C=O) groups excluding carboxylic acids is 1. The van der Waals surface area contributed by atoms with Gasteiger partial charge in [0, 0.05) is 29.4 Å². The predicted molar refractivity (Wildman–Crippen MR) is 99.3 cm³/mol. The Morgan fingerprint density at radius 2 is 1.80 bits per heavy atom. The van der Waals surface area contributed by atoms with Crippen molar-refractivity contribution in [2.75, 3.05) is 11.4 Å². The van der Waals surface area contributed by atoms with E-state index in [-0.39, 0.29) is 5.78 Å². The van der Waals surface area contributed by atoms with Crippen molar-refractivity contribution in [1.29, 1.82) is 0 Å². The van der Waals surface area contributed by atoms with E-state index in [9.17, 15) is 4.79 Å². The highest BCUT2D eigenvalue weighted by Crippen LogP contribution is 2.33. The molecule has 0 N–H and O–H groups in total. The van der Waals surface area contributed by atoms with Crippen LogP contribution in [0, 0.1) is 6.92 Å². The fourth-order valence-corrected chi connectivity index (χ4v) is 3.36. The van der Waals surface area contributed by atoms with E-state index in [1.807, 2.05) is 48.0 Å². The van der Waals surface area contributed by atoms with Gasteiger partial charge in [-0.05, 0) is 25.5 Å². The molecule has 0 aliphatic carbocycles. The number of ketones is 1. The third-order valence-corrected chi connectivity index (χ3v) is 4.74. The summed E-state index contributed by atoms with van der Waals surface area (Å²) in [5, 5.41) is 0. The van der Waals surface area contributed by atoms with Gasteiger partial charge in [-0.15, -0.1) is 0 Å². The van der Waals surface area contributed by atoms with Crippen LogP contribution in [0.2, 0.25) is 0 Å². The zero-order chi connectivity index (χ0) is 17.2. The maximum atomic E-state index is 12.5. The molecule has 0 fully saturated rings. The van der Waals surface area contributed by atoms with Crippen molar-refractivity contribution in [3.63, 3.8) is 0 Å². The van der Waals surface area contributed by atoms with Crippen LogP contribution in [-0.2, 0) is 13.0 Å². The number of aromatic nitrogens is 1. The van der Waals surface area contributed by atoms with Gasteiger partial charge in [0.1, 0.15) is 0 Å². The van der Waals surface area contributed by atoms with E-state index in [2.05, 4.69) is 41.4 Å². The molecule has 0 radical (unpaired) electrons. The lowest BCUT2D eigenvalue weighted by Gasteiger charge is -2.18. The van der Waals surface area contributed by atoms with Crippen molar-refractivity contribution in [1.82, 2.24) is 0 Å². The Morgan fingerprint density at radius 3 is 2.56 bits per heavy atom. The summed E-state index contributed by atoms with van der Waals surface area (Å²) < 4.78 is 2.00. The Balaban J connectivity index is 1.54. The molecule has 4 rings (SSSR count). The number of rotatable bonds is 4. The highest BCUT2D eigenvalue weighted by Gasteiger charge is 2.24. The van der Waals surface area contributed by atoms with E-state index in [1.54, 1.807) is 0 Å². The number of carbonyl (C=O) groups is 1. The van der Waals surface area contributed by atoms with E-state index in [0.717, 1.165) is 18.5 Å². The van der Waals surface area contributed by atoms with E-state index in [1.165, 1.54) is 22.5 Å². The molecule has 1 aliphatic heterocycles. The molecule has 25 heavy (non-hydrogen) atoms. The third kappa shape index (κ3) is 3.18. The van der Waals surface area contributed by atoms with Crippen LogP contribution in [0.3, 0.4) is 0 Å². The van der Waals surface area contributed by atoms with Gasteiger partial charge in [-0.2, -0.15) is 4.57 Å². The summed E-state index contributed by atoms with van der Waals surface area (Å²) in [5.74, 6) is 0.142. The largest absolute Gasteiger partial charge is 0.341 e. The standard InChI is InChI=1S/C22H21N2O/c1-17-7-9-18(10-8-17)22(25)16-23-13-12-21-19(15-23)11-14-24(21)20-5-3-2-4-6-20/h2-10,12-13,15H,11,14,16H2,1H3/q+1. The van der Waals surface area contributed by atoms with Crippen LogP contribution in [-0.4, -0.2) is 12.3 Å². The molecule has 2 aromatic carbocycles. The fourth-order valence-electron chi connectivity index (χ4n) is 3.36. The Kier molecular flexibility index (Phi) is 4.06. The molecular formula is C22H21N2O+. The van der Waals surface area contributed by atoms with Crippen molar-refractivity contribution in [3.05, 3.63) is 89.7 Å². The maximum absolute atomic E-state index is 12.5. The number of Topliss-reactive ketones (excluding diaryl/α,β-unsaturated/α-hetero) is 1. The van der Waals surface area contributed by atoms with E-state index >= 15 is 0 Å². The van der Waals surface area contributed by atoms with Crippen molar-refractivity contribution in [2.24, 2.45) is 0 Å². The van der Waals surface area contributed by atoms with Crippen LogP contribution >= 0.6 is 0 Å². The van der Waals surface area contributed by atoms with Crippen molar-refractivity contribution in [2.45, 2.75) is 19.9 Å². The van der Waals surface area contributed by atoms with Gasteiger partial charge in [0.15, 0.2) is 12.4 Å². The zero-order valence-corrected chi connectivity index (χ0v) is 14.4. The molecule has 0 saturated carbocycles. The van der Waals surface area contributed by atoms with E-state index in [4.69, 9.17) is 0 Å². The molecule has 0 bridgehead atoms.